The normalized spacial score (nSPS) is 11.7. The van der Waals surface area contributed by atoms with E-state index >= 15 is 0 Å². The third kappa shape index (κ3) is 3.22. The Bertz CT molecular complexity index is 643. The standard InChI is InChI=1S/C15H14N2O4/c1-2-21-15(18)13(11-7-4-3-5-8-11)14-12(17(19)20)9-6-10-16-14/h3-10,13H,2H2,1H3. The van der Waals surface area contributed by atoms with E-state index in [4.69, 9.17) is 4.74 Å². The van der Waals surface area contributed by atoms with Crippen LogP contribution in [0.4, 0.5) is 5.69 Å². The van der Waals surface area contributed by atoms with E-state index in [1.807, 2.05) is 0 Å². The molecule has 0 radical (unpaired) electrons. The Hall–Kier alpha value is -2.76. The Morgan fingerprint density at radius 2 is 2.00 bits per heavy atom. The predicted octanol–water partition coefficient (Wildman–Crippen LogP) is 2.68. The number of nitrogens with zero attached hydrogens (tertiary/aromatic N) is 2. The molecule has 6 heteroatoms. The molecule has 0 bridgehead atoms. The highest BCUT2D eigenvalue weighted by Crippen LogP contribution is 2.30. The number of hydrogen-bond donors (Lipinski definition) is 0. The monoisotopic (exact) mass is 286 g/mol. The van der Waals surface area contributed by atoms with Crippen LogP contribution in [0.1, 0.15) is 24.1 Å². The van der Waals surface area contributed by atoms with Crippen molar-refractivity contribution in [2.24, 2.45) is 0 Å². The van der Waals surface area contributed by atoms with E-state index in [0.717, 1.165) is 0 Å². The van der Waals surface area contributed by atoms with Crippen molar-refractivity contribution in [1.29, 1.82) is 0 Å². The third-order valence-corrected chi connectivity index (χ3v) is 2.94. The number of aromatic nitrogens is 1. The second-order valence-electron chi connectivity index (χ2n) is 4.26. The first-order valence-electron chi connectivity index (χ1n) is 6.46. The summed E-state index contributed by atoms with van der Waals surface area (Å²) in [6, 6.07) is 11.6. The molecular weight excluding hydrogens is 272 g/mol. The van der Waals surface area contributed by atoms with Gasteiger partial charge in [-0.2, -0.15) is 0 Å². The molecule has 0 saturated carbocycles. The number of esters is 1. The van der Waals surface area contributed by atoms with Gasteiger partial charge in [0.1, 0.15) is 11.6 Å². The van der Waals surface area contributed by atoms with Gasteiger partial charge in [-0.1, -0.05) is 30.3 Å². The maximum Gasteiger partial charge on any atom is 0.319 e. The van der Waals surface area contributed by atoms with Crippen molar-refractivity contribution in [3.8, 4) is 0 Å². The second kappa shape index (κ2) is 6.60. The van der Waals surface area contributed by atoms with Crippen molar-refractivity contribution in [3.05, 3.63) is 70.0 Å². The molecule has 2 rings (SSSR count). The summed E-state index contributed by atoms with van der Waals surface area (Å²) in [5, 5.41) is 11.2. The summed E-state index contributed by atoms with van der Waals surface area (Å²) in [7, 11) is 0. The van der Waals surface area contributed by atoms with Gasteiger partial charge in [0.05, 0.1) is 11.5 Å². The molecule has 1 atom stereocenters. The molecule has 2 aromatic rings. The quantitative estimate of drug-likeness (QED) is 0.479. The Labute approximate surface area is 121 Å². The SMILES string of the molecule is CCOC(=O)C(c1ccccc1)c1ncccc1[N+](=O)[O-]. The highest BCUT2D eigenvalue weighted by atomic mass is 16.6. The van der Waals surface area contributed by atoms with Gasteiger partial charge in [0.15, 0.2) is 0 Å². The minimum absolute atomic E-state index is 0.0900. The first-order chi connectivity index (χ1) is 10.1. The van der Waals surface area contributed by atoms with Crippen LogP contribution in [0.5, 0.6) is 0 Å². The van der Waals surface area contributed by atoms with E-state index in [2.05, 4.69) is 4.98 Å². The molecule has 1 unspecified atom stereocenters. The lowest BCUT2D eigenvalue weighted by atomic mass is 9.94. The van der Waals surface area contributed by atoms with E-state index in [1.165, 1.54) is 18.3 Å². The molecule has 0 amide bonds. The number of hydrogen-bond acceptors (Lipinski definition) is 5. The summed E-state index contributed by atoms with van der Waals surface area (Å²) >= 11 is 0. The van der Waals surface area contributed by atoms with Crippen molar-refractivity contribution >= 4 is 11.7 Å². The lowest BCUT2D eigenvalue weighted by Crippen LogP contribution is -2.19. The molecule has 1 aromatic heterocycles. The largest absolute Gasteiger partial charge is 0.465 e. The second-order valence-corrected chi connectivity index (χ2v) is 4.26. The van der Waals surface area contributed by atoms with Crippen LogP contribution in [-0.4, -0.2) is 22.5 Å². The molecule has 1 aromatic carbocycles. The third-order valence-electron chi connectivity index (χ3n) is 2.94. The Morgan fingerprint density at radius 3 is 2.62 bits per heavy atom. The zero-order chi connectivity index (χ0) is 15.2. The Morgan fingerprint density at radius 1 is 1.29 bits per heavy atom. The lowest BCUT2D eigenvalue weighted by Gasteiger charge is -2.15. The number of nitro groups is 1. The Balaban J connectivity index is 2.56. The van der Waals surface area contributed by atoms with E-state index in [1.54, 1.807) is 37.3 Å². The molecular formula is C15H14N2O4. The van der Waals surface area contributed by atoms with Crippen molar-refractivity contribution in [3.63, 3.8) is 0 Å². The Kier molecular flexibility index (Phi) is 4.61. The summed E-state index contributed by atoms with van der Waals surface area (Å²) in [4.78, 5) is 26.9. The fraction of sp³-hybridized carbons (Fsp3) is 0.200. The number of pyridine rings is 1. The van der Waals surface area contributed by atoms with Crippen LogP contribution < -0.4 is 0 Å². The van der Waals surface area contributed by atoms with Gasteiger partial charge in [-0.3, -0.25) is 19.9 Å². The van der Waals surface area contributed by atoms with Crippen molar-refractivity contribution < 1.29 is 14.5 Å². The minimum Gasteiger partial charge on any atom is -0.465 e. The molecule has 0 saturated heterocycles. The molecule has 0 aliphatic heterocycles. The molecule has 21 heavy (non-hydrogen) atoms. The molecule has 6 nitrogen and oxygen atoms in total. The minimum atomic E-state index is -0.909. The van der Waals surface area contributed by atoms with Gasteiger partial charge in [0.25, 0.3) is 5.69 Å². The van der Waals surface area contributed by atoms with Crippen LogP contribution in [0.2, 0.25) is 0 Å². The number of rotatable bonds is 5. The first kappa shape index (κ1) is 14.6. The van der Waals surface area contributed by atoms with Gasteiger partial charge >= 0.3 is 5.97 Å². The fourth-order valence-electron chi connectivity index (χ4n) is 2.06. The van der Waals surface area contributed by atoms with Gasteiger partial charge in [-0.05, 0) is 18.6 Å². The fourth-order valence-corrected chi connectivity index (χ4v) is 2.06. The molecule has 0 fully saturated rings. The number of carbonyl (C=O) groups excluding carboxylic acids is 1. The maximum absolute atomic E-state index is 12.2. The number of benzene rings is 1. The van der Waals surface area contributed by atoms with Gasteiger partial charge in [-0.25, -0.2) is 0 Å². The highest BCUT2D eigenvalue weighted by molar-refractivity contribution is 5.83. The van der Waals surface area contributed by atoms with Crippen LogP contribution in [0, 0.1) is 10.1 Å². The summed E-state index contributed by atoms with van der Waals surface area (Å²) in [6.07, 6.45) is 1.43. The molecule has 0 aliphatic rings. The lowest BCUT2D eigenvalue weighted by molar-refractivity contribution is -0.386. The molecule has 0 aliphatic carbocycles. The van der Waals surface area contributed by atoms with Crippen molar-refractivity contribution in [1.82, 2.24) is 4.98 Å². The summed E-state index contributed by atoms with van der Waals surface area (Å²) in [5.74, 6) is -1.46. The number of carbonyl (C=O) groups is 1. The van der Waals surface area contributed by atoms with Crippen LogP contribution in [-0.2, 0) is 9.53 Å². The zero-order valence-electron chi connectivity index (χ0n) is 11.4. The summed E-state index contributed by atoms with van der Waals surface area (Å²) in [5.41, 5.74) is 0.504. The van der Waals surface area contributed by atoms with Crippen molar-refractivity contribution in [2.45, 2.75) is 12.8 Å². The van der Waals surface area contributed by atoms with Gasteiger partial charge in [-0.15, -0.1) is 0 Å². The maximum atomic E-state index is 12.2. The zero-order valence-corrected chi connectivity index (χ0v) is 11.4. The van der Waals surface area contributed by atoms with Crippen LogP contribution in [0.15, 0.2) is 48.7 Å². The average molecular weight is 286 g/mol. The van der Waals surface area contributed by atoms with Gasteiger partial charge in [0.2, 0.25) is 0 Å². The smallest absolute Gasteiger partial charge is 0.319 e. The van der Waals surface area contributed by atoms with E-state index in [-0.39, 0.29) is 18.0 Å². The first-order valence-corrected chi connectivity index (χ1v) is 6.46. The van der Waals surface area contributed by atoms with Gasteiger partial charge in [0, 0.05) is 12.3 Å². The molecule has 108 valence electrons. The summed E-state index contributed by atoms with van der Waals surface area (Å²) in [6.45, 7) is 1.88. The van der Waals surface area contributed by atoms with E-state index < -0.39 is 16.8 Å². The van der Waals surface area contributed by atoms with E-state index in [9.17, 15) is 14.9 Å². The number of ether oxygens (including phenoxy) is 1. The molecule has 0 N–H and O–H groups in total. The van der Waals surface area contributed by atoms with Crippen LogP contribution >= 0.6 is 0 Å². The predicted molar refractivity (Wildman–Crippen MR) is 75.8 cm³/mol. The molecule has 0 spiro atoms. The van der Waals surface area contributed by atoms with Crippen LogP contribution in [0.3, 0.4) is 0 Å². The van der Waals surface area contributed by atoms with Crippen LogP contribution in [0.25, 0.3) is 0 Å². The van der Waals surface area contributed by atoms with E-state index in [0.29, 0.717) is 5.56 Å². The topological polar surface area (TPSA) is 82.3 Å². The molecule has 1 heterocycles. The van der Waals surface area contributed by atoms with Crippen molar-refractivity contribution in [2.75, 3.05) is 6.61 Å². The van der Waals surface area contributed by atoms with Gasteiger partial charge < -0.3 is 4.74 Å². The average Bonchev–Trinajstić information content (AvgIpc) is 2.49. The summed E-state index contributed by atoms with van der Waals surface area (Å²) < 4.78 is 5.05. The highest BCUT2D eigenvalue weighted by Gasteiger charge is 2.31.